The molecule has 0 radical (unpaired) electrons. The first-order valence-corrected chi connectivity index (χ1v) is 6.34. The maximum atomic E-state index is 5.22. The summed E-state index contributed by atoms with van der Waals surface area (Å²) in [6, 6.07) is 9.12. The van der Waals surface area contributed by atoms with E-state index in [9.17, 15) is 0 Å². The topological polar surface area (TPSA) is 21.3 Å². The summed E-state index contributed by atoms with van der Waals surface area (Å²) in [5.74, 6) is 0. The molecule has 0 aliphatic heterocycles. The first kappa shape index (κ1) is 12.3. The maximum Gasteiger partial charge on any atom is 0.0716 e. The molecule has 92 valence electrons. The molecule has 0 heterocycles. The predicted molar refractivity (Wildman–Crippen MR) is 70.8 cm³/mol. The SMILES string of the molecule is COCc1ccccc1CNC1CC=CCC1. The Morgan fingerprint density at radius 1 is 1.24 bits per heavy atom. The molecule has 2 rings (SSSR count). The van der Waals surface area contributed by atoms with E-state index in [0.717, 1.165) is 13.0 Å². The predicted octanol–water partition coefficient (Wildman–Crippen LogP) is 3.03. The van der Waals surface area contributed by atoms with Crippen molar-refractivity contribution in [3.63, 3.8) is 0 Å². The van der Waals surface area contributed by atoms with Crippen molar-refractivity contribution in [2.45, 2.75) is 38.5 Å². The Bertz CT molecular complexity index is 373. The molecule has 1 aliphatic rings. The van der Waals surface area contributed by atoms with Gasteiger partial charge in [0.25, 0.3) is 0 Å². The highest BCUT2D eigenvalue weighted by Crippen LogP contribution is 2.14. The fourth-order valence-corrected chi connectivity index (χ4v) is 2.26. The number of rotatable bonds is 5. The number of hydrogen-bond acceptors (Lipinski definition) is 2. The van der Waals surface area contributed by atoms with Crippen molar-refractivity contribution in [2.75, 3.05) is 7.11 Å². The molecule has 0 spiro atoms. The van der Waals surface area contributed by atoms with Crippen LogP contribution in [-0.4, -0.2) is 13.2 Å². The van der Waals surface area contributed by atoms with Crippen LogP contribution in [0.25, 0.3) is 0 Å². The van der Waals surface area contributed by atoms with E-state index in [1.54, 1.807) is 7.11 Å². The van der Waals surface area contributed by atoms with E-state index in [0.29, 0.717) is 12.6 Å². The van der Waals surface area contributed by atoms with Gasteiger partial charge >= 0.3 is 0 Å². The number of benzene rings is 1. The summed E-state index contributed by atoms with van der Waals surface area (Å²) in [4.78, 5) is 0. The summed E-state index contributed by atoms with van der Waals surface area (Å²) < 4.78 is 5.22. The maximum absolute atomic E-state index is 5.22. The lowest BCUT2D eigenvalue weighted by atomic mass is 10.0. The lowest BCUT2D eigenvalue weighted by molar-refractivity contribution is 0.184. The monoisotopic (exact) mass is 231 g/mol. The Labute approximate surface area is 104 Å². The molecule has 0 saturated heterocycles. The second-order valence-electron chi connectivity index (χ2n) is 4.56. The largest absolute Gasteiger partial charge is 0.380 e. The van der Waals surface area contributed by atoms with E-state index in [1.807, 2.05) is 0 Å². The van der Waals surface area contributed by atoms with Crippen molar-refractivity contribution < 1.29 is 4.74 Å². The highest BCUT2D eigenvalue weighted by molar-refractivity contribution is 5.26. The molecule has 0 bridgehead atoms. The number of nitrogens with one attached hydrogen (secondary N) is 1. The molecule has 1 aromatic carbocycles. The van der Waals surface area contributed by atoms with Gasteiger partial charge in [-0.25, -0.2) is 0 Å². The van der Waals surface area contributed by atoms with E-state index < -0.39 is 0 Å². The molecule has 2 heteroatoms. The van der Waals surface area contributed by atoms with E-state index in [-0.39, 0.29) is 0 Å². The van der Waals surface area contributed by atoms with Gasteiger partial charge in [0.15, 0.2) is 0 Å². The van der Waals surface area contributed by atoms with Crippen LogP contribution in [0.1, 0.15) is 30.4 Å². The number of ether oxygens (including phenoxy) is 1. The fraction of sp³-hybridized carbons (Fsp3) is 0.467. The average Bonchev–Trinajstić information content (AvgIpc) is 2.39. The Morgan fingerprint density at radius 3 is 2.76 bits per heavy atom. The van der Waals surface area contributed by atoms with Gasteiger partial charge in [-0.1, -0.05) is 36.4 Å². The molecule has 1 N–H and O–H groups in total. The number of methoxy groups -OCH3 is 1. The normalized spacial score (nSPS) is 19.5. The summed E-state index contributed by atoms with van der Waals surface area (Å²) >= 11 is 0. The van der Waals surface area contributed by atoms with Gasteiger partial charge in [0, 0.05) is 19.7 Å². The van der Waals surface area contributed by atoms with Gasteiger partial charge in [-0.05, 0) is 30.4 Å². The van der Waals surface area contributed by atoms with Crippen molar-refractivity contribution >= 4 is 0 Å². The summed E-state index contributed by atoms with van der Waals surface area (Å²) in [7, 11) is 1.75. The van der Waals surface area contributed by atoms with Crippen molar-refractivity contribution in [3.05, 3.63) is 47.5 Å². The van der Waals surface area contributed by atoms with Crippen molar-refractivity contribution in [1.29, 1.82) is 0 Å². The van der Waals surface area contributed by atoms with Crippen LogP contribution in [0, 0.1) is 0 Å². The Kier molecular flexibility index (Phi) is 4.77. The van der Waals surface area contributed by atoms with Gasteiger partial charge in [0.2, 0.25) is 0 Å². The van der Waals surface area contributed by atoms with Gasteiger partial charge in [0.05, 0.1) is 6.61 Å². The van der Waals surface area contributed by atoms with Crippen LogP contribution in [0.5, 0.6) is 0 Å². The van der Waals surface area contributed by atoms with E-state index in [1.165, 1.54) is 24.0 Å². The summed E-state index contributed by atoms with van der Waals surface area (Å²) in [5, 5.41) is 3.63. The highest BCUT2D eigenvalue weighted by atomic mass is 16.5. The first-order valence-electron chi connectivity index (χ1n) is 6.34. The van der Waals surface area contributed by atoms with Crippen molar-refractivity contribution in [3.8, 4) is 0 Å². The zero-order valence-electron chi connectivity index (χ0n) is 10.5. The molecule has 1 aromatic rings. The van der Waals surface area contributed by atoms with E-state index >= 15 is 0 Å². The van der Waals surface area contributed by atoms with Gasteiger partial charge in [-0.2, -0.15) is 0 Å². The van der Waals surface area contributed by atoms with Crippen LogP contribution in [0.4, 0.5) is 0 Å². The van der Waals surface area contributed by atoms with Crippen LogP contribution in [0.3, 0.4) is 0 Å². The van der Waals surface area contributed by atoms with Gasteiger partial charge in [-0.15, -0.1) is 0 Å². The summed E-state index contributed by atoms with van der Waals surface area (Å²) in [6.07, 6.45) is 8.17. The van der Waals surface area contributed by atoms with Gasteiger partial charge in [-0.3, -0.25) is 0 Å². The molecule has 0 saturated carbocycles. The number of allylic oxidation sites excluding steroid dienone is 1. The molecule has 0 amide bonds. The minimum absolute atomic E-state index is 0.635. The zero-order chi connectivity index (χ0) is 11.9. The minimum atomic E-state index is 0.635. The van der Waals surface area contributed by atoms with Gasteiger partial charge < -0.3 is 10.1 Å². The summed E-state index contributed by atoms with van der Waals surface area (Å²) in [6.45, 7) is 1.64. The molecule has 17 heavy (non-hydrogen) atoms. The summed E-state index contributed by atoms with van der Waals surface area (Å²) in [5.41, 5.74) is 2.64. The third-order valence-corrected chi connectivity index (χ3v) is 3.27. The van der Waals surface area contributed by atoms with Crippen LogP contribution < -0.4 is 5.32 Å². The fourth-order valence-electron chi connectivity index (χ4n) is 2.26. The van der Waals surface area contributed by atoms with Crippen LogP contribution in [-0.2, 0) is 17.9 Å². The van der Waals surface area contributed by atoms with E-state index in [2.05, 4.69) is 41.7 Å². The minimum Gasteiger partial charge on any atom is -0.380 e. The molecule has 1 aliphatic carbocycles. The van der Waals surface area contributed by atoms with Crippen LogP contribution in [0.15, 0.2) is 36.4 Å². The second-order valence-corrected chi connectivity index (χ2v) is 4.56. The van der Waals surface area contributed by atoms with Crippen molar-refractivity contribution in [1.82, 2.24) is 5.32 Å². The van der Waals surface area contributed by atoms with Crippen molar-refractivity contribution in [2.24, 2.45) is 0 Å². The standard InChI is InChI=1S/C15H21NO/c1-17-12-14-8-6-5-7-13(14)11-16-15-9-3-2-4-10-15/h2-3,5-8,15-16H,4,9-12H2,1H3. The molecule has 1 atom stereocenters. The van der Waals surface area contributed by atoms with Crippen LogP contribution in [0.2, 0.25) is 0 Å². The van der Waals surface area contributed by atoms with Crippen LogP contribution >= 0.6 is 0 Å². The lowest BCUT2D eigenvalue weighted by Crippen LogP contribution is -2.29. The molecule has 1 unspecified atom stereocenters. The Morgan fingerprint density at radius 2 is 2.06 bits per heavy atom. The Hall–Kier alpha value is -1.12. The smallest absolute Gasteiger partial charge is 0.0716 e. The highest BCUT2D eigenvalue weighted by Gasteiger charge is 2.09. The quantitative estimate of drug-likeness (QED) is 0.786. The molecule has 0 aromatic heterocycles. The number of hydrogen-bond donors (Lipinski definition) is 1. The van der Waals surface area contributed by atoms with Gasteiger partial charge in [0.1, 0.15) is 0 Å². The third kappa shape index (κ3) is 3.69. The average molecular weight is 231 g/mol. The first-order chi connectivity index (χ1) is 8.40. The molecular formula is C15H21NO. The lowest BCUT2D eigenvalue weighted by Gasteiger charge is -2.20. The molecule has 2 nitrogen and oxygen atoms in total. The molecular weight excluding hydrogens is 210 g/mol. The van der Waals surface area contributed by atoms with E-state index in [4.69, 9.17) is 4.74 Å². The third-order valence-electron chi connectivity index (χ3n) is 3.27. The Balaban J connectivity index is 1.91. The molecule has 0 fully saturated rings. The zero-order valence-corrected chi connectivity index (χ0v) is 10.5. The second kappa shape index (κ2) is 6.58.